The van der Waals surface area contributed by atoms with Gasteiger partial charge in [0.15, 0.2) is 6.61 Å². The molecule has 10 heteroatoms. The average Bonchev–Trinajstić information content (AvgIpc) is 3.20. The molecule has 1 amide bonds. The van der Waals surface area contributed by atoms with E-state index in [4.69, 9.17) is 18.9 Å². The van der Waals surface area contributed by atoms with Gasteiger partial charge in [-0.1, -0.05) is 0 Å². The van der Waals surface area contributed by atoms with Gasteiger partial charge >= 0.3 is 17.9 Å². The molecule has 0 spiro atoms. The molecule has 1 aromatic carbocycles. The van der Waals surface area contributed by atoms with Crippen LogP contribution in [-0.4, -0.2) is 50.2 Å². The van der Waals surface area contributed by atoms with Gasteiger partial charge in [0.05, 0.1) is 36.5 Å². The Labute approximate surface area is 183 Å². The Kier molecular flexibility index (Phi) is 9.01. The Morgan fingerprint density at radius 1 is 0.839 bits per heavy atom. The van der Waals surface area contributed by atoms with Crippen molar-refractivity contribution in [3.8, 4) is 5.75 Å². The fourth-order valence-electron chi connectivity index (χ4n) is 2.43. The van der Waals surface area contributed by atoms with Gasteiger partial charge in [-0.3, -0.25) is 4.79 Å². The first-order chi connectivity index (χ1) is 14.9. The van der Waals surface area contributed by atoms with Gasteiger partial charge in [-0.05, 0) is 50.4 Å². The van der Waals surface area contributed by atoms with Gasteiger partial charge < -0.3 is 24.3 Å². The van der Waals surface area contributed by atoms with Gasteiger partial charge in [0.25, 0.3) is 5.91 Å². The minimum Gasteiger partial charge on any atom is -0.484 e. The molecule has 1 aromatic heterocycles. The predicted octanol–water partition coefficient (Wildman–Crippen LogP) is 3.30. The molecule has 0 aliphatic carbocycles. The van der Waals surface area contributed by atoms with E-state index in [9.17, 15) is 19.2 Å². The highest BCUT2D eigenvalue weighted by Gasteiger charge is 2.18. The number of esters is 3. The first kappa shape index (κ1) is 23.9. The van der Waals surface area contributed by atoms with Crippen molar-refractivity contribution in [2.75, 3.05) is 31.7 Å². The summed E-state index contributed by atoms with van der Waals surface area (Å²) in [6.07, 6.45) is 0. The minimum absolute atomic E-state index is 0.0886. The zero-order chi connectivity index (χ0) is 22.8. The minimum atomic E-state index is -0.638. The molecule has 0 atom stereocenters. The number of hydrogen-bond donors (Lipinski definition) is 1. The lowest BCUT2D eigenvalue weighted by molar-refractivity contribution is -0.118. The molecule has 0 fully saturated rings. The topological polar surface area (TPSA) is 117 Å². The fraction of sp³-hybridized carbons (Fsp3) is 0.333. The third kappa shape index (κ3) is 6.82. The first-order valence-corrected chi connectivity index (χ1v) is 10.4. The second-order valence-corrected chi connectivity index (χ2v) is 6.82. The van der Waals surface area contributed by atoms with Crippen molar-refractivity contribution in [2.24, 2.45) is 0 Å². The molecule has 166 valence electrons. The summed E-state index contributed by atoms with van der Waals surface area (Å²) in [5, 5.41) is 4.57. The van der Waals surface area contributed by atoms with E-state index in [1.165, 1.54) is 29.5 Å². The quantitative estimate of drug-likeness (QED) is 0.434. The van der Waals surface area contributed by atoms with Crippen LogP contribution in [0, 0.1) is 0 Å². The molecule has 0 saturated carbocycles. The number of benzene rings is 1. The van der Waals surface area contributed by atoms with Gasteiger partial charge in [-0.2, -0.15) is 0 Å². The maximum Gasteiger partial charge on any atom is 0.341 e. The summed E-state index contributed by atoms with van der Waals surface area (Å²) in [6, 6.07) is 5.61. The van der Waals surface area contributed by atoms with Crippen molar-refractivity contribution in [1.29, 1.82) is 0 Å². The van der Waals surface area contributed by atoms with Crippen molar-refractivity contribution in [2.45, 2.75) is 20.8 Å². The summed E-state index contributed by atoms with van der Waals surface area (Å²) in [5.74, 6) is -2.24. The fourth-order valence-corrected chi connectivity index (χ4v) is 3.23. The van der Waals surface area contributed by atoms with Crippen molar-refractivity contribution in [3.63, 3.8) is 0 Å². The molecular formula is C21H23NO8S. The van der Waals surface area contributed by atoms with Gasteiger partial charge in [0, 0.05) is 0 Å². The van der Waals surface area contributed by atoms with E-state index < -0.39 is 30.4 Å². The van der Waals surface area contributed by atoms with Gasteiger partial charge in [0.2, 0.25) is 0 Å². The third-order valence-corrected chi connectivity index (χ3v) is 4.54. The summed E-state index contributed by atoms with van der Waals surface area (Å²) in [7, 11) is 0. The Bertz CT molecular complexity index is 916. The average molecular weight is 449 g/mol. The monoisotopic (exact) mass is 449 g/mol. The van der Waals surface area contributed by atoms with Crippen LogP contribution in [0.4, 0.5) is 5.00 Å². The third-order valence-electron chi connectivity index (χ3n) is 3.71. The number of rotatable bonds is 10. The highest BCUT2D eigenvalue weighted by atomic mass is 32.1. The summed E-state index contributed by atoms with van der Waals surface area (Å²) < 4.78 is 20.3. The second-order valence-electron chi connectivity index (χ2n) is 5.91. The predicted molar refractivity (Wildman–Crippen MR) is 113 cm³/mol. The number of amides is 1. The van der Waals surface area contributed by atoms with Crippen LogP contribution in [0.15, 0.2) is 29.6 Å². The van der Waals surface area contributed by atoms with Crippen LogP contribution in [0.2, 0.25) is 0 Å². The number of anilines is 1. The Morgan fingerprint density at radius 2 is 1.39 bits per heavy atom. The van der Waals surface area contributed by atoms with Crippen molar-refractivity contribution in [3.05, 3.63) is 46.3 Å². The standard InChI is InChI=1S/C21H23NO8S/c1-4-27-19(24)13-9-14(20(25)28-5-2)11-15(10-13)30-12-17(23)22-18-16(7-8-31-18)21(26)29-6-3/h7-11H,4-6,12H2,1-3H3,(H,22,23). The lowest BCUT2D eigenvalue weighted by Crippen LogP contribution is -2.21. The molecule has 0 saturated heterocycles. The van der Waals surface area contributed by atoms with E-state index >= 15 is 0 Å². The van der Waals surface area contributed by atoms with Crippen LogP contribution in [0.1, 0.15) is 51.8 Å². The maximum atomic E-state index is 12.3. The summed E-state index contributed by atoms with van der Waals surface area (Å²) in [6.45, 7) is 5.11. The van der Waals surface area contributed by atoms with Crippen molar-refractivity contribution < 1.29 is 38.1 Å². The summed E-state index contributed by atoms with van der Waals surface area (Å²) in [4.78, 5) is 48.4. The molecule has 0 radical (unpaired) electrons. The maximum absolute atomic E-state index is 12.3. The summed E-state index contributed by atoms with van der Waals surface area (Å²) in [5.41, 5.74) is 0.422. The molecule has 31 heavy (non-hydrogen) atoms. The number of thiophene rings is 1. The summed E-state index contributed by atoms with van der Waals surface area (Å²) >= 11 is 1.17. The van der Waals surface area contributed by atoms with E-state index in [1.54, 1.807) is 32.2 Å². The Hall–Kier alpha value is -3.40. The molecule has 0 unspecified atom stereocenters. The smallest absolute Gasteiger partial charge is 0.341 e. The molecule has 2 aromatic rings. The van der Waals surface area contributed by atoms with Crippen LogP contribution >= 0.6 is 11.3 Å². The Morgan fingerprint density at radius 3 is 1.94 bits per heavy atom. The van der Waals surface area contributed by atoms with E-state index in [1.807, 2.05) is 0 Å². The number of carbonyl (C=O) groups is 4. The van der Waals surface area contributed by atoms with Crippen LogP contribution in [-0.2, 0) is 19.0 Å². The molecule has 9 nitrogen and oxygen atoms in total. The van der Waals surface area contributed by atoms with E-state index in [0.29, 0.717) is 5.00 Å². The van der Waals surface area contributed by atoms with E-state index in [0.717, 1.165) is 0 Å². The van der Waals surface area contributed by atoms with E-state index in [-0.39, 0.29) is 42.3 Å². The molecular weight excluding hydrogens is 426 g/mol. The normalized spacial score (nSPS) is 10.2. The zero-order valence-electron chi connectivity index (χ0n) is 17.4. The van der Waals surface area contributed by atoms with Crippen LogP contribution < -0.4 is 10.1 Å². The molecule has 0 aliphatic rings. The van der Waals surface area contributed by atoms with Crippen LogP contribution in [0.5, 0.6) is 5.75 Å². The number of nitrogens with one attached hydrogen (secondary N) is 1. The highest BCUT2D eigenvalue weighted by molar-refractivity contribution is 7.14. The zero-order valence-corrected chi connectivity index (χ0v) is 18.2. The van der Waals surface area contributed by atoms with Gasteiger partial charge in [0.1, 0.15) is 10.8 Å². The molecule has 1 N–H and O–H groups in total. The van der Waals surface area contributed by atoms with Crippen LogP contribution in [0.3, 0.4) is 0 Å². The number of carbonyl (C=O) groups excluding carboxylic acids is 4. The largest absolute Gasteiger partial charge is 0.484 e. The number of ether oxygens (including phenoxy) is 4. The molecule has 1 heterocycles. The highest BCUT2D eigenvalue weighted by Crippen LogP contribution is 2.24. The molecule has 2 rings (SSSR count). The van der Waals surface area contributed by atoms with E-state index in [2.05, 4.69) is 5.32 Å². The van der Waals surface area contributed by atoms with Gasteiger partial charge in [-0.15, -0.1) is 11.3 Å². The SMILES string of the molecule is CCOC(=O)c1cc(OCC(=O)Nc2sccc2C(=O)OCC)cc(C(=O)OCC)c1. The lowest BCUT2D eigenvalue weighted by atomic mass is 10.1. The van der Waals surface area contributed by atoms with Gasteiger partial charge in [-0.25, -0.2) is 14.4 Å². The molecule has 0 bridgehead atoms. The van der Waals surface area contributed by atoms with Crippen molar-refractivity contribution >= 4 is 40.2 Å². The second kappa shape index (κ2) is 11.7. The molecule has 0 aliphatic heterocycles. The first-order valence-electron chi connectivity index (χ1n) is 9.56. The van der Waals surface area contributed by atoms with Crippen LogP contribution in [0.25, 0.3) is 0 Å². The Balaban J connectivity index is 2.12. The number of hydrogen-bond acceptors (Lipinski definition) is 9. The van der Waals surface area contributed by atoms with Crippen molar-refractivity contribution in [1.82, 2.24) is 0 Å². The lowest BCUT2D eigenvalue weighted by Gasteiger charge is -2.11.